The van der Waals surface area contributed by atoms with Crippen molar-refractivity contribution in [1.82, 2.24) is 14.8 Å². The molecule has 1 aliphatic heterocycles. The Labute approximate surface area is 197 Å². The van der Waals surface area contributed by atoms with Gasteiger partial charge in [0.05, 0.1) is 4.92 Å². The first-order chi connectivity index (χ1) is 15.9. The third kappa shape index (κ3) is 4.11. The van der Waals surface area contributed by atoms with Crippen LogP contribution in [0.3, 0.4) is 0 Å². The van der Waals surface area contributed by atoms with Crippen LogP contribution in [-0.2, 0) is 10.5 Å². The fraction of sp³-hybridized carbons (Fsp3) is 0.227. The minimum Gasteiger partial charge on any atom is -0.328 e. The molecule has 1 atom stereocenters. The van der Waals surface area contributed by atoms with E-state index in [9.17, 15) is 19.3 Å². The number of nitro benzene ring substituents is 1. The Hall–Kier alpha value is -3.24. The molecule has 5 rings (SSSR count). The summed E-state index contributed by atoms with van der Waals surface area (Å²) in [5, 5.41) is 19.7. The molecule has 0 radical (unpaired) electrons. The minimum atomic E-state index is -0.527. The van der Waals surface area contributed by atoms with Gasteiger partial charge in [-0.05, 0) is 48.2 Å². The molecular formula is C22H17ClFN5O3S. The first-order valence-electron chi connectivity index (χ1n) is 10.2. The molecule has 8 nitrogen and oxygen atoms in total. The summed E-state index contributed by atoms with van der Waals surface area (Å²) in [5.41, 5.74) is 2.87. The first-order valence-corrected chi connectivity index (χ1v) is 11.6. The van der Waals surface area contributed by atoms with Crippen LogP contribution in [0.1, 0.15) is 36.4 Å². The topological polar surface area (TPSA) is 103 Å². The van der Waals surface area contributed by atoms with Crippen LogP contribution in [-0.4, -0.2) is 25.5 Å². The number of carbonyl (C=O) groups excluding carboxylic acids is 1. The van der Waals surface area contributed by atoms with Crippen LogP contribution in [0.2, 0.25) is 5.02 Å². The van der Waals surface area contributed by atoms with Crippen molar-refractivity contribution < 1.29 is 14.1 Å². The lowest BCUT2D eigenvalue weighted by Crippen LogP contribution is -2.31. The molecule has 0 amide bonds. The maximum atomic E-state index is 13.3. The van der Waals surface area contributed by atoms with Gasteiger partial charge in [-0.1, -0.05) is 29.4 Å². The summed E-state index contributed by atoms with van der Waals surface area (Å²) in [4.78, 5) is 28.1. The van der Waals surface area contributed by atoms with Gasteiger partial charge in [-0.15, -0.1) is 5.10 Å². The van der Waals surface area contributed by atoms with Gasteiger partial charge in [-0.25, -0.2) is 9.07 Å². The summed E-state index contributed by atoms with van der Waals surface area (Å²) in [5.74, 6) is 0.567. The second kappa shape index (κ2) is 8.60. The number of non-ortho nitro benzene ring substituents is 1. The maximum Gasteiger partial charge on any atom is 0.269 e. The number of allylic oxidation sites excluding steroid dienone is 2. The molecular weight excluding hydrogens is 469 g/mol. The molecule has 0 saturated carbocycles. The van der Waals surface area contributed by atoms with Crippen molar-refractivity contribution in [1.29, 1.82) is 0 Å². The largest absolute Gasteiger partial charge is 0.328 e. The molecule has 1 N–H and O–H groups in total. The number of halogens is 2. The molecule has 2 aliphatic rings. The zero-order valence-corrected chi connectivity index (χ0v) is 18.7. The number of rotatable bonds is 5. The van der Waals surface area contributed by atoms with Crippen LogP contribution < -0.4 is 5.32 Å². The van der Waals surface area contributed by atoms with Crippen LogP contribution in [0.4, 0.5) is 16.0 Å². The fourth-order valence-electron chi connectivity index (χ4n) is 4.07. The summed E-state index contributed by atoms with van der Waals surface area (Å²) in [6.45, 7) is 0. The van der Waals surface area contributed by atoms with Gasteiger partial charge in [0.1, 0.15) is 11.9 Å². The minimum absolute atomic E-state index is 0.0249. The van der Waals surface area contributed by atoms with Crippen LogP contribution in [0, 0.1) is 15.9 Å². The number of fused-ring (bicyclic) bond motifs is 1. The van der Waals surface area contributed by atoms with Gasteiger partial charge in [-0.3, -0.25) is 14.9 Å². The molecule has 33 heavy (non-hydrogen) atoms. The lowest BCUT2D eigenvalue weighted by molar-refractivity contribution is -0.384. The normalized spacial score (nSPS) is 17.4. The number of Topliss-reactive ketones (excluding diaryl/α,β-unsaturated/α-hetero) is 1. The van der Waals surface area contributed by atoms with Crippen molar-refractivity contribution in [2.75, 3.05) is 5.32 Å². The van der Waals surface area contributed by atoms with E-state index in [1.807, 2.05) is 0 Å². The number of benzene rings is 2. The molecule has 11 heteroatoms. The number of hydrogen-bond donors (Lipinski definition) is 1. The second-order valence-electron chi connectivity index (χ2n) is 7.73. The number of thioether (sulfide) groups is 1. The lowest BCUT2D eigenvalue weighted by Gasteiger charge is -2.32. The molecule has 0 bridgehead atoms. The highest BCUT2D eigenvalue weighted by Crippen LogP contribution is 2.41. The van der Waals surface area contributed by atoms with Gasteiger partial charge in [0.15, 0.2) is 5.78 Å². The highest BCUT2D eigenvalue weighted by atomic mass is 35.5. The lowest BCUT2D eigenvalue weighted by atomic mass is 9.85. The highest BCUT2D eigenvalue weighted by molar-refractivity contribution is 7.98. The van der Waals surface area contributed by atoms with Gasteiger partial charge in [0, 0.05) is 40.6 Å². The van der Waals surface area contributed by atoms with Crippen molar-refractivity contribution in [3.63, 3.8) is 0 Å². The van der Waals surface area contributed by atoms with Crippen molar-refractivity contribution in [3.05, 3.63) is 85.8 Å². The van der Waals surface area contributed by atoms with E-state index >= 15 is 0 Å². The standard InChI is InChI=1S/C22H17ClFN5O3S/c23-16-10-14(24)7-4-13(16)11-33-22-26-21-25-17-2-1-3-18(30)19(17)20(28(21)27-22)12-5-8-15(9-6-12)29(31)32/h4-10,20H,1-3,11H2,(H,25,26,27)/t20-/m0/s1. The number of nitrogens with zero attached hydrogens (tertiary/aromatic N) is 4. The Kier molecular flexibility index (Phi) is 5.63. The smallest absolute Gasteiger partial charge is 0.269 e. The third-order valence-corrected chi connectivity index (χ3v) is 6.88. The van der Waals surface area contributed by atoms with Gasteiger partial charge in [0.25, 0.3) is 5.69 Å². The number of carbonyl (C=O) groups is 1. The average molecular weight is 486 g/mol. The van der Waals surface area contributed by atoms with Gasteiger partial charge >= 0.3 is 0 Å². The highest BCUT2D eigenvalue weighted by Gasteiger charge is 2.37. The molecule has 1 aliphatic carbocycles. The zero-order valence-electron chi connectivity index (χ0n) is 17.1. The van der Waals surface area contributed by atoms with E-state index in [1.165, 1.54) is 36.0 Å². The molecule has 168 valence electrons. The molecule has 0 unspecified atom stereocenters. The van der Waals surface area contributed by atoms with E-state index in [0.29, 0.717) is 45.9 Å². The molecule has 0 spiro atoms. The SMILES string of the molecule is O=C1CCCC2=C1[C@H](c1ccc([N+](=O)[O-])cc1)n1nc(SCc3ccc(F)cc3Cl)nc1N2. The molecule has 2 aromatic carbocycles. The summed E-state index contributed by atoms with van der Waals surface area (Å²) in [7, 11) is 0. The van der Waals surface area contributed by atoms with Gasteiger partial charge in [0.2, 0.25) is 11.1 Å². The average Bonchev–Trinajstić information content (AvgIpc) is 3.20. The van der Waals surface area contributed by atoms with E-state index in [4.69, 9.17) is 11.6 Å². The molecule has 0 saturated heterocycles. The Bertz CT molecular complexity index is 1310. The third-order valence-electron chi connectivity index (χ3n) is 5.64. The second-order valence-corrected chi connectivity index (χ2v) is 9.08. The van der Waals surface area contributed by atoms with Crippen LogP contribution in [0.5, 0.6) is 0 Å². The van der Waals surface area contributed by atoms with Gasteiger partial charge in [-0.2, -0.15) is 4.98 Å². The Morgan fingerprint density at radius 3 is 2.76 bits per heavy atom. The number of anilines is 1. The summed E-state index contributed by atoms with van der Waals surface area (Å²) in [6, 6.07) is 9.86. The zero-order chi connectivity index (χ0) is 23.1. The molecule has 3 aromatic rings. The number of nitrogens with one attached hydrogen (secondary N) is 1. The predicted octanol–water partition coefficient (Wildman–Crippen LogP) is 5.29. The van der Waals surface area contributed by atoms with Crippen LogP contribution in [0.25, 0.3) is 0 Å². The fourth-order valence-corrected chi connectivity index (χ4v) is 5.21. The van der Waals surface area contributed by atoms with Crippen molar-refractivity contribution in [2.24, 2.45) is 0 Å². The van der Waals surface area contributed by atoms with Gasteiger partial charge < -0.3 is 5.32 Å². The quantitative estimate of drug-likeness (QED) is 0.297. The Morgan fingerprint density at radius 1 is 1.24 bits per heavy atom. The summed E-state index contributed by atoms with van der Waals surface area (Å²) < 4.78 is 15.0. The van der Waals surface area contributed by atoms with Crippen molar-refractivity contribution in [2.45, 2.75) is 36.2 Å². The van der Waals surface area contributed by atoms with E-state index in [1.54, 1.807) is 22.9 Å². The monoisotopic (exact) mass is 485 g/mol. The number of hydrogen-bond acceptors (Lipinski definition) is 7. The van der Waals surface area contributed by atoms with Crippen LogP contribution in [0.15, 0.2) is 58.9 Å². The van der Waals surface area contributed by atoms with Crippen LogP contribution >= 0.6 is 23.4 Å². The first kappa shape index (κ1) is 21.6. The molecule has 2 heterocycles. The number of nitro groups is 1. The maximum absolute atomic E-state index is 13.3. The Balaban J connectivity index is 1.50. The number of ketones is 1. The summed E-state index contributed by atoms with van der Waals surface area (Å²) in [6.07, 6.45) is 1.90. The van der Waals surface area contributed by atoms with E-state index < -0.39 is 16.8 Å². The molecule has 1 aromatic heterocycles. The van der Waals surface area contributed by atoms with E-state index in [2.05, 4.69) is 15.4 Å². The predicted molar refractivity (Wildman–Crippen MR) is 122 cm³/mol. The number of aromatic nitrogens is 3. The summed E-state index contributed by atoms with van der Waals surface area (Å²) >= 11 is 7.47. The van der Waals surface area contributed by atoms with E-state index in [0.717, 1.165) is 17.7 Å². The van der Waals surface area contributed by atoms with Crippen molar-refractivity contribution in [3.8, 4) is 0 Å². The Morgan fingerprint density at radius 2 is 2.03 bits per heavy atom. The molecule has 0 fully saturated rings. The van der Waals surface area contributed by atoms with E-state index in [-0.39, 0.29) is 11.5 Å². The van der Waals surface area contributed by atoms with Crippen molar-refractivity contribution >= 4 is 40.8 Å².